The van der Waals surface area contributed by atoms with Gasteiger partial charge < -0.3 is 5.32 Å². The van der Waals surface area contributed by atoms with Crippen LogP contribution in [-0.4, -0.2) is 30.8 Å². The fraction of sp³-hybridized carbons (Fsp3) is 0.211. The Hall–Kier alpha value is -1.64. The number of aromatic nitrogens is 1. The van der Waals surface area contributed by atoms with Gasteiger partial charge in [0, 0.05) is 39.8 Å². The van der Waals surface area contributed by atoms with Gasteiger partial charge in [0.15, 0.2) is 5.13 Å². The van der Waals surface area contributed by atoms with Crippen molar-refractivity contribution >= 4 is 55.4 Å². The number of nitrogens with one attached hydrogen (secondary N) is 1. The Morgan fingerprint density at radius 2 is 1.64 bits per heavy atom. The largest absolute Gasteiger partial charge is 0.331 e. The smallest absolute Gasteiger partial charge is 0.243 e. The standard InChI is InChI=1S/C19H19Cl2N3O2S2/c1-3-24(4-2)28(25,26)17-7-5-13(6-8-17)18-12-27-19(23-18)22-16-10-14(20)9-15(21)11-16/h5-12H,3-4H2,1-2H3,(H,22,23). The summed E-state index contributed by atoms with van der Waals surface area (Å²) in [6.45, 7) is 4.53. The maximum Gasteiger partial charge on any atom is 0.243 e. The molecule has 0 unspecified atom stereocenters. The molecule has 0 fully saturated rings. The Bertz CT molecular complexity index is 1040. The highest BCUT2D eigenvalue weighted by molar-refractivity contribution is 7.89. The van der Waals surface area contributed by atoms with Crippen LogP contribution in [0.5, 0.6) is 0 Å². The van der Waals surface area contributed by atoms with E-state index >= 15 is 0 Å². The van der Waals surface area contributed by atoms with Gasteiger partial charge in [-0.3, -0.25) is 0 Å². The minimum absolute atomic E-state index is 0.280. The number of benzene rings is 2. The summed E-state index contributed by atoms with van der Waals surface area (Å²) in [4.78, 5) is 4.84. The first-order valence-electron chi connectivity index (χ1n) is 8.62. The molecule has 28 heavy (non-hydrogen) atoms. The van der Waals surface area contributed by atoms with Crippen LogP contribution >= 0.6 is 34.5 Å². The van der Waals surface area contributed by atoms with Crippen LogP contribution in [0.1, 0.15) is 13.8 Å². The second-order valence-electron chi connectivity index (χ2n) is 5.93. The van der Waals surface area contributed by atoms with E-state index in [2.05, 4.69) is 10.3 Å². The molecule has 148 valence electrons. The number of thiazole rings is 1. The maximum atomic E-state index is 12.6. The fourth-order valence-corrected chi connectivity index (χ4v) is 5.45. The molecular formula is C19H19Cl2N3O2S2. The molecule has 0 atom stereocenters. The van der Waals surface area contributed by atoms with Crippen LogP contribution in [0.15, 0.2) is 52.7 Å². The van der Waals surface area contributed by atoms with Crippen molar-refractivity contribution in [1.82, 2.24) is 9.29 Å². The van der Waals surface area contributed by atoms with Crippen LogP contribution in [-0.2, 0) is 10.0 Å². The van der Waals surface area contributed by atoms with Gasteiger partial charge in [0.05, 0.1) is 10.6 Å². The van der Waals surface area contributed by atoms with Crippen molar-refractivity contribution in [3.63, 3.8) is 0 Å². The Kier molecular flexibility index (Phi) is 6.62. The first-order valence-corrected chi connectivity index (χ1v) is 11.7. The summed E-state index contributed by atoms with van der Waals surface area (Å²) in [6.07, 6.45) is 0. The van der Waals surface area contributed by atoms with Gasteiger partial charge in [-0.15, -0.1) is 11.3 Å². The molecule has 0 spiro atoms. The zero-order valence-corrected chi connectivity index (χ0v) is 18.5. The molecule has 9 heteroatoms. The SMILES string of the molecule is CCN(CC)S(=O)(=O)c1ccc(-c2csc(Nc3cc(Cl)cc(Cl)c3)n2)cc1. The van der Waals surface area contributed by atoms with Gasteiger partial charge in [0.1, 0.15) is 0 Å². The molecule has 0 radical (unpaired) electrons. The molecule has 0 saturated heterocycles. The Morgan fingerprint density at radius 3 is 2.21 bits per heavy atom. The van der Waals surface area contributed by atoms with Gasteiger partial charge >= 0.3 is 0 Å². The maximum absolute atomic E-state index is 12.6. The lowest BCUT2D eigenvalue weighted by atomic mass is 10.2. The van der Waals surface area contributed by atoms with E-state index in [9.17, 15) is 8.42 Å². The van der Waals surface area contributed by atoms with E-state index in [1.165, 1.54) is 15.6 Å². The number of halogens is 2. The summed E-state index contributed by atoms with van der Waals surface area (Å²) in [5.74, 6) is 0. The summed E-state index contributed by atoms with van der Waals surface area (Å²) in [5.41, 5.74) is 2.35. The van der Waals surface area contributed by atoms with E-state index in [0.717, 1.165) is 16.9 Å². The first kappa shape index (κ1) is 21.1. The van der Waals surface area contributed by atoms with Crippen molar-refractivity contribution in [2.45, 2.75) is 18.7 Å². The predicted molar refractivity (Wildman–Crippen MR) is 117 cm³/mol. The Labute approximate surface area is 179 Å². The average Bonchev–Trinajstić information content (AvgIpc) is 3.10. The van der Waals surface area contributed by atoms with Crippen LogP contribution in [0.25, 0.3) is 11.3 Å². The second-order valence-corrected chi connectivity index (χ2v) is 9.60. The van der Waals surface area contributed by atoms with Gasteiger partial charge in [-0.2, -0.15) is 4.31 Å². The summed E-state index contributed by atoms with van der Waals surface area (Å²) < 4.78 is 26.6. The van der Waals surface area contributed by atoms with E-state index in [4.69, 9.17) is 23.2 Å². The molecule has 1 N–H and O–H groups in total. The van der Waals surface area contributed by atoms with Crippen LogP contribution in [0.2, 0.25) is 10.0 Å². The molecule has 1 heterocycles. The minimum atomic E-state index is -3.47. The highest BCUT2D eigenvalue weighted by Gasteiger charge is 2.21. The molecule has 0 aliphatic rings. The van der Waals surface area contributed by atoms with E-state index in [-0.39, 0.29) is 4.90 Å². The molecule has 0 amide bonds. The number of sulfonamides is 1. The van der Waals surface area contributed by atoms with Gasteiger partial charge in [0.25, 0.3) is 0 Å². The quantitative estimate of drug-likeness (QED) is 0.482. The first-order chi connectivity index (χ1) is 13.3. The molecule has 2 aromatic carbocycles. The molecule has 0 saturated carbocycles. The van der Waals surface area contributed by atoms with Crippen molar-refractivity contribution in [3.05, 3.63) is 57.9 Å². The number of hydrogen-bond acceptors (Lipinski definition) is 5. The number of rotatable bonds is 7. The Morgan fingerprint density at radius 1 is 1.04 bits per heavy atom. The van der Waals surface area contributed by atoms with Crippen molar-refractivity contribution in [1.29, 1.82) is 0 Å². The summed E-state index contributed by atoms with van der Waals surface area (Å²) in [7, 11) is -3.47. The molecule has 1 aromatic heterocycles. The lowest BCUT2D eigenvalue weighted by Crippen LogP contribution is -2.30. The molecule has 0 aliphatic carbocycles. The third kappa shape index (κ3) is 4.67. The highest BCUT2D eigenvalue weighted by atomic mass is 35.5. The van der Waals surface area contributed by atoms with Crippen LogP contribution in [0.4, 0.5) is 10.8 Å². The average molecular weight is 456 g/mol. The van der Waals surface area contributed by atoms with Crippen LogP contribution in [0.3, 0.4) is 0 Å². The van der Waals surface area contributed by atoms with Crippen LogP contribution in [0, 0.1) is 0 Å². The summed E-state index contributed by atoms with van der Waals surface area (Å²) in [5, 5.41) is 6.85. The molecule has 3 aromatic rings. The van der Waals surface area contributed by atoms with Crippen molar-refractivity contribution in [2.75, 3.05) is 18.4 Å². The third-order valence-corrected chi connectivity index (χ3v) is 7.37. The third-order valence-electron chi connectivity index (χ3n) is 4.11. The number of hydrogen-bond donors (Lipinski definition) is 1. The fourth-order valence-electron chi connectivity index (χ4n) is 2.72. The lowest BCUT2D eigenvalue weighted by Gasteiger charge is -2.18. The molecule has 3 rings (SSSR count). The lowest BCUT2D eigenvalue weighted by molar-refractivity contribution is 0.445. The van der Waals surface area contributed by atoms with Crippen LogP contribution < -0.4 is 5.32 Å². The zero-order chi connectivity index (χ0) is 20.3. The van der Waals surface area contributed by atoms with E-state index in [0.29, 0.717) is 28.3 Å². The zero-order valence-electron chi connectivity index (χ0n) is 15.3. The summed E-state index contributed by atoms with van der Waals surface area (Å²) >= 11 is 13.5. The normalized spacial score (nSPS) is 11.8. The van der Waals surface area contributed by atoms with Gasteiger partial charge in [-0.05, 0) is 30.3 Å². The molecule has 0 aliphatic heterocycles. The van der Waals surface area contributed by atoms with E-state index in [1.807, 2.05) is 19.2 Å². The van der Waals surface area contributed by atoms with E-state index < -0.39 is 10.0 Å². The van der Waals surface area contributed by atoms with Gasteiger partial charge in [0.2, 0.25) is 10.0 Å². The second kappa shape index (κ2) is 8.80. The van der Waals surface area contributed by atoms with Crippen molar-refractivity contribution < 1.29 is 8.42 Å². The topological polar surface area (TPSA) is 62.3 Å². The Balaban J connectivity index is 1.80. The van der Waals surface area contributed by atoms with Crippen molar-refractivity contribution in [3.8, 4) is 11.3 Å². The van der Waals surface area contributed by atoms with Crippen molar-refractivity contribution in [2.24, 2.45) is 0 Å². The highest BCUT2D eigenvalue weighted by Crippen LogP contribution is 2.30. The van der Waals surface area contributed by atoms with Gasteiger partial charge in [-0.25, -0.2) is 13.4 Å². The minimum Gasteiger partial charge on any atom is -0.331 e. The van der Waals surface area contributed by atoms with E-state index in [1.54, 1.807) is 42.5 Å². The molecule has 5 nitrogen and oxygen atoms in total. The number of nitrogens with zero attached hydrogens (tertiary/aromatic N) is 2. The predicted octanol–water partition coefficient (Wildman–Crippen LogP) is 5.89. The molecular weight excluding hydrogens is 437 g/mol. The van der Waals surface area contributed by atoms with Gasteiger partial charge in [-0.1, -0.05) is 49.2 Å². The molecule has 0 bridgehead atoms. The summed E-state index contributed by atoms with van der Waals surface area (Å²) in [6, 6.07) is 12.0. The monoisotopic (exact) mass is 455 g/mol. The number of anilines is 2.